The van der Waals surface area contributed by atoms with Gasteiger partial charge < -0.3 is 15.1 Å². The van der Waals surface area contributed by atoms with Crippen molar-refractivity contribution in [3.8, 4) is 17.2 Å². The monoisotopic (exact) mass is 327 g/mol. The molecule has 2 aromatic rings. The number of allylic oxidation sites excluding steroid dienone is 1. The van der Waals surface area contributed by atoms with E-state index in [2.05, 4.69) is 10.6 Å². The second-order valence-corrected chi connectivity index (χ2v) is 5.16. The fraction of sp³-hybridized carbons (Fsp3) is 0.222. The molecule has 0 aliphatic carbocycles. The summed E-state index contributed by atoms with van der Waals surface area (Å²) in [4.78, 5) is 11.8. The van der Waals surface area contributed by atoms with Crippen molar-refractivity contribution in [2.45, 2.75) is 19.4 Å². The average Bonchev–Trinajstić information content (AvgIpc) is 3.08. The minimum Gasteiger partial charge on any atom is -0.467 e. The molecule has 0 saturated heterocycles. The van der Waals surface area contributed by atoms with Gasteiger partial charge in [-0.1, -0.05) is 12.1 Å². The Bertz CT molecular complexity index is 790. The van der Waals surface area contributed by atoms with Crippen LogP contribution in [0.25, 0.3) is 11.1 Å². The molecule has 0 aliphatic rings. The van der Waals surface area contributed by atoms with Crippen molar-refractivity contribution in [3.05, 3.63) is 59.9 Å². The maximum atomic E-state index is 13.4. The normalized spacial score (nSPS) is 12.1. The van der Waals surface area contributed by atoms with Gasteiger partial charge in [0.15, 0.2) is 0 Å². The van der Waals surface area contributed by atoms with Crippen molar-refractivity contribution in [3.63, 3.8) is 0 Å². The fourth-order valence-electron chi connectivity index (χ4n) is 2.24. The van der Waals surface area contributed by atoms with Gasteiger partial charge in [-0.3, -0.25) is 4.79 Å². The van der Waals surface area contributed by atoms with Crippen LogP contribution in [-0.2, 0) is 4.79 Å². The molecule has 6 heteroatoms. The summed E-state index contributed by atoms with van der Waals surface area (Å²) >= 11 is 0. The maximum Gasteiger partial charge on any atom is 0.225 e. The van der Waals surface area contributed by atoms with E-state index in [0.29, 0.717) is 11.3 Å². The first kappa shape index (κ1) is 17.4. The number of carbonyl (C=O) groups is 1. The number of furan rings is 1. The molecule has 2 rings (SSSR count). The highest BCUT2D eigenvalue weighted by atomic mass is 19.1. The number of benzene rings is 1. The summed E-state index contributed by atoms with van der Waals surface area (Å²) in [5.41, 5.74) is 1.37. The number of hydrogen-bond donors (Lipinski definition) is 2. The lowest BCUT2D eigenvalue weighted by Gasteiger charge is -2.12. The van der Waals surface area contributed by atoms with Crippen LogP contribution in [0.1, 0.15) is 30.7 Å². The quantitative estimate of drug-likeness (QED) is 0.853. The Morgan fingerprint density at radius 3 is 2.88 bits per heavy atom. The number of amides is 1. The highest BCUT2D eigenvalue weighted by molar-refractivity contribution is 5.77. The standard InChI is InChI=1S/C18H18FN3O2/c1-3-6-22-18(23)9-16(21-2)17-8-14(11-24-17)12-4-5-15(19)13(7-12)10-20/h3-8,11,16,21H,9H2,1-2H3,(H,22,23)/b6-3-. The molecular weight excluding hydrogens is 309 g/mol. The Hall–Kier alpha value is -2.91. The van der Waals surface area contributed by atoms with E-state index in [9.17, 15) is 9.18 Å². The van der Waals surface area contributed by atoms with Gasteiger partial charge in [-0.05, 0) is 43.9 Å². The van der Waals surface area contributed by atoms with Crippen LogP contribution < -0.4 is 10.6 Å². The van der Waals surface area contributed by atoms with Gasteiger partial charge in [0.25, 0.3) is 0 Å². The topological polar surface area (TPSA) is 78.1 Å². The summed E-state index contributed by atoms with van der Waals surface area (Å²) in [6.45, 7) is 1.81. The van der Waals surface area contributed by atoms with E-state index in [4.69, 9.17) is 9.68 Å². The van der Waals surface area contributed by atoms with Gasteiger partial charge in [0.05, 0.1) is 17.9 Å². The Morgan fingerprint density at radius 2 is 2.21 bits per heavy atom. The molecule has 1 aromatic heterocycles. The third-order valence-corrected chi connectivity index (χ3v) is 3.53. The SMILES string of the molecule is C/C=C\NC(=O)CC(NC)c1cc(-c2ccc(F)c(C#N)c2)co1. The lowest BCUT2D eigenvalue weighted by atomic mass is 10.0. The van der Waals surface area contributed by atoms with Crippen molar-refractivity contribution in [2.75, 3.05) is 7.05 Å². The highest BCUT2D eigenvalue weighted by Gasteiger charge is 2.18. The molecule has 0 aliphatic heterocycles. The molecule has 1 aromatic carbocycles. The molecule has 0 bridgehead atoms. The third-order valence-electron chi connectivity index (χ3n) is 3.53. The van der Waals surface area contributed by atoms with E-state index in [-0.39, 0.29) is 23.9 Å². The van der Waals surface area contributed by atoms with Crippen LogP contribution in [0.15, 0.2) is 47.2 Å². The average molecular weight is 327 g/mol. The van der Waals surface area contributed by atoms with E-state index in [1.165, 1.54) is 18.4 Å². The van der Waals surface area contributed by atoms with Crippen LogP contribution >= 0.6 is 0 Å². The van der Waals surface area contributed by atoms with Crippen LogP contribution in [0, 0.1) is 17.1 Å². The van der Waals surface area contributed by atoms with E-state index in [1.807, 2.05) is 13.0 Å². The Morgan fingerprint density at radius 1 is 1.42 bits per heavy atom. The summed E-state index contributed by atoms with van der Waals surface area (Å²) in [6.07, 6.45) is 5.04. The predicted octanol–water partition coefficient (Wildman–Crippen LogP) is 3.26. The summed E-state index contributed by atoms with van der Waals surface area (Å²) in [7, 11) is 1.74. The molecule has 124 valence electrons. The highest BCUT2D eigenvalue weighted by Crippen LogP contribution is 2.27. The third kappa shape index (κ3) is 4.09. The number of nitrogens with zero attached hydrogens (tertiary/aromatic N) is 1. The van der Waals surface area contributed by atoms with Gasteiger partial charge in [-0.2, -0.15) is 5.26 Å². The van der Waals surface area contributed by atoms with Gasteiger partial charge in [-0.15, -0.1) is 0 Å². The Kier molecular flexibility index (Phi) is 5.88. The van der Waals surface area contributed by atoms with Crippen molar-refractivity contribution >= 4 is 5.91 Å². The second kappa shape index (κ2) is 8.09. The molecule has 0 saturated carbocycles. The molecule has 2 N–H and O–H groups in total. The zero-order valence-corrected chi connectivity index (χ0v) is 13.5. The van der Waals surface area contributed by atoms with Crippen LogP contribution in [-0.4, -0.2) is 13.0 Å². The van der Waals surface area contributed by atoms with Gasteiger partial charge in [0.2, 0.25) is 5.91 Å². The molecular formula is C18H18FN3O2. The predicted molar refractivity (Wildman–Crippen MR) is 88.2 cm³/mol. The van der Waals surface area contributed by atoms with Crippen LogP contribution in [0.3, 0.4) is 0 Å². The van der Waals surface area contributed by atoms with Gasteiger partial charge in [-0.25, -0.2) is 4.39 Å². The van der Waals surface area contributed by atoms with Gasteiger partial charge in [0, 0.05) is 12.0 Å². The van der Waals surface area contributed by atoms with Crippen molar-refractivity contribution < 1.29 is 13.6 Å². The van der Waals surface area contributed by atoms with E-state index in [0.717, 1.165) is 5.56 Å². The molecule has 0 fully saturated rings. The molecule has 0 radical (unpaired) electrons. The molecule has 24 heavy (non-hydrogen) atoms. The Labute approximate surface area is 139 Å². The second-order valence-electron chi connectivity index (χ2n) is 5.16. The molecule has 1 amide bonds. The number of nitrogens with one attached hydrogen (secondary N) is 2. The van der Waals surface area contributed by atoms with E-state index in [1.54, 1.807) is 31.5 Å². The van der Waals surface area contributed by atoms with Crippen LogP contribution in [0.4, 0.5) is 4.39 Å². The Balaban J connectivity index is 2.19. The number of nitriles is 1. The van der Waals surface area contributed by atoms with Gasteiger partial charge in [0.1, 0.15) is 17.6 Å². The summed E-state index contributed by atoms with van der Waals surface area (Å²) < 4.78 is 19.0. The first-order chi connectivity index (χ1) is 11.6. The minimum absolute atomic E-state index is 0.0221. The number of halogens is 1. The van der Waals surface area contributed by atoms with Crippen LogP contribution in [0.2, 0.25) is 0 Å². The molecule has 1 heterocycles. The smallest absolute Gasteiger partial charge is 0.225 e. The molecule has 1 unspecified atom stereocenters. The molecule has 1 atom stereocenters. The van der Waals surface area contributed by atoms with E-state index < -0.39 is 5.82 Å². The number of hydrogen-bond acceptors (Lipinski definition) is 4. The lowest BCUT2D eigenvalue weighted by Crippen LogP contribution is -2.25. The first-order valence-corrected chi connectivity index (χ1v) is 7.45. The number of carbonyl (C=O) groups excluding carboxylic acids is 1. The van der Waals surface area contributed by atoms with Crippen LogP contribution in [0.5, 0.6) is 0 Å². The zero-order valence-electron chi connectivity index (χ0n) is 13.5. The van der Waals surface area contributed by atoms with Crippen molar-refractivity contribution in [1.29, 1.82) is 5.26 Å². The van der Waals surface area contributed by atoms with E-state index >= 15 is 0 Å². The maximum absolute atomic E-state index is 13.4. The molecule has 0 spiro atoms. The summed E-state index contributed by atoms with van der Waals surface area (Å²) in [5.74, 6) is -0.108. The van der Waals surface area contributed by atoms with Crippen molar-refractivity contribution in [2.24, 2.45) is 0 Å². The zero-order chi connectivity index (χ0) is 17.5. The number of rotatable bonds is 6. The fourth-order valence-corrected chi connectivity index (χ4v) is 2.24. The lowest BCUT2D eigenvalue weighted by molar-refractivity contribution is -0.120. The first-order valence-electron chi connectivity index (χ1n) is 7.45. The summed E-state index contributed by atoms with van der Waals surface area (Å²) in [6, 6.07) is 7.60. The minimum atomic E-state index is -0.557. The van der Waals surface area contributed by atoms with Gasteiger partial charge >= 0.3 is 0 Å². The van der Waals surface area contributed by atoms with Crippen molar-refractivity contribution in [1.82, 2.24) is 10.6 Å². The summed E-state index contributed by atoms with van der Waals surface area (Å²) in [5, 5.41) is 14.6. The molecule has 5 nitrogen and oxygen atoms in total. The largest absolute Gasteiger partial charge is 0.467 e.